The first-order valence-electron chi connectivity index (χ1n) is 3.12. The minimum Gasteiger partial charge on any atom is -0.393 e. The van der Waals surface area contributed by atoms with Crippen molar-refractivity contribution < 1.29 is 5.11 Å². The highest BCUT2D eigenvalue weighted by Gasteiger charge is 2.39. The molecular formula is C6H14ClNOS. The average molecular weight is 184 g/mol. The Kier molecular flexibility index (Phi) is 4.02. The summed E-state index contributed by atoms with van der Waals surface area (Å²) in [4.78, 5) is 0. The lowest BCUT2D eigenvalue weighted by molar-refractivity contribution is 0.0346. The van der Waals surface area contributed by atoms with Crippen LogP contribution >= 0.6 is 24.2 Å². The van der Waals surface area contributed by atoms with E-state index in [0.29, 0.717) is 0 Å². The second-order valence-corrected chi connectivity index (χ2v) is 3.72. The molecule has 0 unspecified atom stereocenters. The molecule has 10 heavy (non-hydrogen) atoms. The molecule has 0 amide bonds. The third kappa shape index (κ3) is 2.31. The van der Waals surface area contributed by atoms with Gasteiger partial charge in [0.15, 0.2) is 0 Å². The SMILES string of the molecule is CSCC1(N)CC(O)C1.Cl. The van der Waals surface area contributed by atoms with E-state index in [1.54, 1.807) is 11.8 Å². The Morgan fingerprint density at radius 2 is 2.20 bits per heavy atom. The van der Waals surface area contributed by atoms with Gasteiger partial charge in [-0.1, -0.05) is 0 Å². The molecule has 1 rings (SSSR count). The highest BCUT2D eigenvalue weighted by atomic mass is 35.5. The van der Waals surface area contributed by atoms with Crippen LogP contribution in [-0.4, -0.2) is 28.8 Å². The van der Waals surface area contributed by atoms with Crippen molar-refractivity contribution in [2.75, 3.05) is 12.0 Å². The average Bonchev–Trinajstić information content (AvgIpc) is 1.62. The van der Waals surface area contributed by atoms with Gasteiger partial charge in [-0.25, -0.2) is 0 Å². The van der Waals surface area contributed by atoms with Gasteiger partial charge in [0.05, 0.1) is 6.10 Å². The molecule has 1 aliphatic rings. The fourth-order valence-electron chi connectivity index (χ4n) is 1.28. The molecule has 0 radical (unpaired) electrons. The van der Waals surface area contributed by atoms with Crippen molar-refractivity contribution >= 4 is 24.2 Å². The van der Waals surface area contributed by atoms with Crippen LogP contribution in [0.1, 0.15) is 12.8 Å². The van der Waals surface area contributed by atoms with E-state index in [-0.39, 0.29) is 24.0 Å². The molecular weight excluding hydrogens is 170 g/mol. The molecule has 1 aliphatic carbocycles. The van der Waals surface area contributed by atoms with Crippen LogP contribution in [0.4, 0.5) is 0 Å². The number of aliphatic hydroxyl groups excluding tert-OH is 1. The lowest BCUT2D eigenvalue weighted by atomic mass is 9.77. The molecule has 4 heteroatoms. The van der Waals surface area contributed by atoms with Gasteiger partial charge in [-0.3, -0.25) is 0 Å². The van der Waals surface area contributed by atoms with Crippen molar-refractivity contribution in [2.24, 2.45) is 5.73 Å². The van der Waals surface area contributed by atoms with E-state index in [9.17, 15) is 0 Å². The molecule has 3 N–H and O–H groups in total. The summed E-state index contributed by atoms with van der Waals surface area (Å²) >= 11 is 1.75. The van der Waals surface area contributed by atoms with Crippen molar-refractivity contribution in [3.05, 3.63) is 0 Å². The Hall–Kier alpha value is 0.560. The molecule has 0 saturated heterocycles. The monoisotopic (exact) mass is 183 g/mol. The molecule has 0 spiro atoms. The lowest BCUT2D eigenvalue weighted by Crippen LogP contribution is -2.56. The molecule has 2 nitrogen and oxygen atoms in total. The van der Waals surface area contributed by atoms with E-state index in [1.165, 1.54) is 0 Å². The van der Waals surface area contributed by atoms with Gasteiger partial charge in [-0.2, -0.15) is 11.8 Å². The summed E-state index contributed by atoms with van der Waals surface area (Å²) in [6.07, 6.45) is 3.49. The summed E-state index contributed by atoms with van der Waals surface area (Å²) in [6, 6.07) is 0. The van der Waals surface area contributed by atoms with Gasteiger partial charge in [-0.05, 0) is 19.1 Å². The number of hydrogen-bond acceptors (Lipinski definition) is 3. The number of rotatable bonds is 2. The third-order valence-corrected chi connectivity index (χ3v) is 2.58. The molecule has 0 aromatic rings. The fourth-order valence-corrected chi connectivity index (χ4v) is 2.09. The maximum Gasteiger partial charge on any atom is 0.0575 e. The van der Waals surface area contributed by atoms with Gasteiger partial charge in [-0.15, -0.1) is 12.4 Å². The zero-order valence-corrected chi connectivity index (χ0v) is 7.67. The van der Waals surface area contributed by atoms with E-state index >= 15 is 0 Å². The number of halogens is 1. The third-order valence-electron chi connectivity index (χ3n) is 1.72. The Morgan fingerprint density at radius 1 is 1.70 bits per heavy atom. The Bertz CT molecular complexity index is 100. The quantitative estimate of drug-likeness (QED) is 0.660. The van der Waals surface area contributed by atoms with Crippen LogP contribution < -0.4 is 5.73 Å². The van der Waals surface area contributed by atoms with Crippen LogP contribution in [0, 0.1) is 0 Å². The summed E-state index contributed by atoms with van der Waals surface area (Å²) in [5.74, 6) is 0.976. The van der Waals surface area contributed by atoms with Crippen LogP contribution in [0.2, 0.25) is 0 Å². The van der Waals surface area contributed by atoms with Crippen molar-refractivity contribution in [1.82, 2.24) is 0 Å². The molecule has 62 valence electrons. The van der Waals surface area contributed by atoms with E-state index in [2.05, 4.69) is 0 Å². The predicted molar refractivity (Wildman–Crippen MR) is 47.8 cm³/mol. The molecule has 0 aromatic heterocycles. The van der Waals surface area contributed by atoms with Crippen molar-refractivity contribution in [3.8, 4) is 0 Å². The molecule has 1 fully saturated rings. The standard InChI is InChI=1S/C6H13NOS.ClH/c1-9-4-6(7)2-5(8)3-6;/h5,8H,2-4,7H2,1H3;1H. The Balaban J connectivity index is 0.000000810. The van der Waals surface area contributed by atoms with E-state index in [1.807, 2.05) is 6.26 Å². The van der Waals surface area contributed by atoms with Crippen LogP contribution in [0.25, 0.3) is 0 Å². The topological polar surface area (TPSA) is 46.2 Å². The Morgan fingerprint density at radius 3 is 2.50 bits per heavy atom. The second kappa shape index (κ2) is 3.81. The van der Waals surface area contributed by atoms with Crippen LogP contribution in [-0.2, 0) is 0 Å². The van der Waals surface area contributed by atoms with E-state index < -0.39 is 0 Å². The minimum atomic E-state index is -0.123. The molecule has 0 heterocycles. The molecule has 1 saturated carbocycles. The maximum atomic E-state index is 8.92. The first-order valence-corrected chi connectivity index (χ1v) is 4.51. The van der Waals surface area contributed by atoms with Gasteiger partial charge in [0.2, 0.25) is 0 Å². The second-order valence-electron chi connectivity index (χ2n) is 2.86. The molecule has 0 bridgehead atoms. The largest absolute Gasteiger partial charge is 0.393 e. The van der Waals surface area contributed by atoms with Crippen molar-refractivity contribution in [3.63, 3.8) is 0 Å². The molecule has 0 atom stereocenters. The van der Waals surface area contributed by atoms with Gasteiger partial charge in [0.25, 0.3) is 0 Å². The molecule has 0 aliphatic heterocycles. The van der Waals surface area contributed by atoms with Gasteiger partial charge < -0.3 is 10.8 Å². The summed E-state index contributed by atoms with van der Waals surface area (Å²) in [7, 11) is 0. The van der Waals surface area contributed by atoms with Crippen LogP contribution in [0.5, 0.6) is 0 Å². The zero-order valence-electron chi connectivity index (χ0n) is 6.04. The van der Waals surface area contributed by atoms with E-state index in [4.69, 9.17) is 10.8 Å². The first kappa shape index (κ1) is 10.6. The number of aliphatic hydroxyl groups is 1. The Labute approximate surface area is 72.0 Å². The fraction of sp³-hybridized carbons (Fsp3) is 1.00. The van der Waals surface area contributed by atoms with Crippen molar-refractivity contribution in [1.29, 1.82) is 0 Å². The summed E-state index contributed by atoms with van der Waals surface area (Å²) in [5.41, 5.74) is 5.78. The number of nitrogens with two attached hydrogens (primary N) is 1. The number of thioether (sulfide) groups is 1. The summed E-state index contributed by atoms with van der Waals surface area (Å²) in [5, 5.41) is 8.92. The summed E-state index contributed by atoms with van der Waals surface area (Å²) in [6.45, 7) is 0. The normalized spacial score (nSPS) is 38.1. The summed E-state index contributed by atoms with van der Waals surface area (Å²) < 4.78 is 0. The van der Waals surface area contributed by atoms with Gasteiger partial charge >= 0.3 is 0 Å². The van der Waals surface area contributed by atoms with Gasteiger partial charge in [0.1, 0.15) is 0 Å². The predicted octanol–water partition coefficient (Wildman–Crippen LogP) is 0.623. The molecule has 0 aromatic carbocycles. The van der Waals surface area contributed by atoms with Crippen LogP contribution in [0.15, 0.2) is 0 Å². The highest BCUT2D eigenvalue weighted by molar-refractivity contribution is 7.98. The van der Waals surface area contributed by atoms with Gasteiger partial charge in [0, 0.05) is 11.3 Å². The first-order chi connectivity index (χ1) is 4.16. The zero-order chi connectivity index (χ0) is 6.91. The highest BCUT2D eigenvalue weighted by Crippen LogP contribution is 2.31. The van der Waals surface area contributed by atoms with E-state index in [0.717, 1.165) is 18.6 Å². The maximum absolute atomic E-state index is 8.92. The van der Waals surface area contributed by atoms with Crippen molar-refractivity contribution in [2.45, 2.75) is 24.5 Å². The lowest BCUT2D eigenvalue weighted by Gasteiger charge is -2.41. The smallest absolute Gasteiger partial charge is 0.0575 e. The number of hydrogen-bond donors (Lipinski definition) is 2. The minimum absolute atomic E-state index is 0. The van der Waals surface area contributed by atoms with Crippen LogP contribution in [0.3, 0.4) is 0 Å².